The van der Waals surface area contributed by atoms with E-state index in [4.69, 9.17) is 5.73 Å². The van der Waals surface area contributed by atoms with E-state index in [1.165, 1.54) is 0 Å². The fourth-order valence-corrected chi connectivity index (χ4v) is 2.07. The third kappa shape index (κ3) is 2.36. The number of aromatic nitrogens is 3. The number of nitrogens with zero attached hydrogens (tertiary/aromatic N) is 3. The van der Waals surface area contributed by atoms with Crippen LogP contribution in [0.15, 0.2) is 36.9 Å². The van der Waals surface area contributed by atoms with Crippen LogP contribution >= 0.6 is 0 Å². The number of nitrogens with two attached hydrogens (primary N) is 1. The maximum absolute atomic E-state index is 6.23. The Labute approximate surface area is 102 Å². The normalized spacial score (nSPS) is 14.5. The van der Waals surface area contributed by atoms with E-state index in [0.29, 0.717) is 0 Å². The molecule has 17 heavy (non-hydrogen) atoms. The topological polar surface area (TPSA) is 56.7 Å². The van der Waals surface area contributed by atoms with Crippen molar-refractivity contribution in [3.05, 3.63) is 48.3 Å². The van der Waals surface area contributed by atoms with Gasteiger partial charge in [0.05, 0.1) is 6.04 Å². The first kappa shape index (κ1) is 11.8. The molecule has 2 N–H and O–H groups in total. The van der Waals surface area contributed by atoms with Crippen molar-refractivity contribution in [1.82, 2.24) is 14.5 Å². The lowest BCUT2D eigenvalue weighted by Crippen LogP contribution is -2.32. The highest BCUT2D eigenvalue weighted by Gasteiger charge is 2.21. The van der Waals surface area contributed by atoms with Gasteiger partial charge in [0.2, 0.25) is 0 Å². The van der Waals surface area contributed by atoms with E-state index in [-0.39, 0.29) is 12.1 Å². The highest BCUT2D eigenvalue weighted by molar-refractivity contribution is 5.18. The molecule has 2 heterocycles. The van der Waals surface area contributed by atoms with Crippen LogP contribution in [0.25, 0.3) is 0 Å². The molecule has 90 valence electrons. The second-order valence-electron chi connectivity index (χ2n) is 4.19. The number of imidazole rings is 1. The van der Waals surface area contributed by atoms with Crippen molar-refractivity contribution in [2.75, 3.05) is 0 Å². The third-order valence-electron chi connectivity index (χ3n) is 3.06. The monoisotopic (exact) mass is 230 g/mol. The Kier molecular flexibility index (Phi) is 3.54. The van der Waals surface area contributed by atoms with Gasteiger partial charge in [0.15, 0.2) is 0 Å². The Morgan fingerprint density at radius 2 is 2.24 bits per heavy atom. The average molecular weight is 230 g/mol. The molecule has 2 unspecified atom stereocenters. The molecule has 0 aromatic carbocycles. The van der Waals surface area contributed by atoms with Crippen molar-refractivity contribution in [1.29, 1.82) is 0 Å². The second-order valence-corrected chi connectivity index (χ2v) is 4.19. The molecule has 0 saturated heterocycles. The molecule has 0 fully saturated rings. The maximum Gasteiger partial charge on any atom is 0.106 e. The Morgan fingerprint density at radius 1 is 1.41 bits per heavy atom. The van der Waals surface area contributed by atoms with Gasteiger partial charge in [-0.15, -0.1) is 0 Å². The molecule has 2 atom stereocenters. The van der Waals surface area contributed by atoms with Gasteiger partial charge in [-0.3, -0.25) is 4.98 Å². The standard InChI is InChI=1S/C13H18N4/c1-3-12(14)13(11-5-4-6-15-9-11)17-8-7-16-10(17)2/h4-9,12-13H,3,14H2,1-2H3. The van der Waals surface area contributed by atoms with Gasteiger partial charge in [-0.25, -0.2) is 4.98 Å². The molecule has 0 aliphatic carbocycles. The summed E-state index contributed by atoms with van der Waals surface area (Å²) in [6.07, 6.45) is 8.35. The van der Waals surface area contributed by atoms with E-state index >= 15 is 0 Å². The van der Waals surface area contributed by atoms with Crippen molar-refractivity contribution in [3.63, 3.8) is 0 Å². The first-order chi connectivity index (χ1) is 8.24. The highest BCUT2D eigenvalue weighted by atomic mass is 15.1. The largest absolute Gasteiger partial charge is 0.326 e. The molecule has 0 amide bonds. The predicted octanol–water partition coefficient (Wildman–Crippen LogP) is 1.91. The molecule has 4 nitrogen and oxygen atoms in total. The van der Waals surface area contributed by atoms with Crippen molar-refractivity contribution < 1.29 is 0 Å². The van der Waals surface area contributed by atoms with Gasteiger partial charge in [0.25, 0.3) is 0 Å². The maximum atomic E-state index is 6.23. The van der Waals surface area contributed by atoms with E-state index in [0.717, 1.165) is 17.8 Å². The van der Waals surface area contributed by atoms with Gasteiger partial charge < -0.3 is 10.3 Å². The molecular formula is C13H18N4. The second kappa shape index (κ2) is 5.10. The molecule has 0 bridgehead atoms. The molecule has 0 radical (unpaired) electrons. The van der Waals surface area contributed by atoms with E-state index in [1.807, 2.05) is 25.4 Å². The Hall–Kier alpha value is -1.68. The quantitative estimate of drug-likeness (QED) is 0.873. The smallest absolute Gasteiger partial charge is 0.106 e. The lowest BCUT2D eigenvalue weighted by molar-refractivity contribution is 0.450. The SMILES string of the molecule is CCC(N)C(c1cccnc1)n1ccnc1C. The molecule has 2 aromatic heterocycles. The van der Waals surface area contributed by atoms with Gasteiger partial charge in [-0.1, -0.05) is 13.0 Å². The van der Waals surface area contributed by atoms with Crippen LogP contribution in [0.4, 0.5) is 0 Å². The summed E-state index contributed by atoms with van der Waals surface area (Å²) in [7, 11) is 0. The van der Waals surface area contributed by atoms with Crippen LogP contribution in [0.1, 0.15) is 30.8 Å². The van der Waals surface area contributed by atoms with Crippen molar-refractivity contribution >= 4 is 0 Å². The first-order valence-corrected chi connectivity index (χ1v) is 5.89. The van der Waals surface area contributed by atoms with Gasteiger partial charge in [-0.05, 0) is 25.0 Å². The van der Waals surface area contributed by atoms with Crippen molar-refractivity contribution in [2.24, 2.45) is 5.73 Å². The summed E-state index contributed by atoms with van der Waals surface area (Å²) in [6, 6.07) is 4.17. The molecule has 0 spiro atoms. The summed E-state index contributed by atoms with van der Waals surface area (Å²) >= 11 is 0. The predicted molar refractivity (Wildman–Crippen MR) is 67.6 cm³/mol. The average Bonchev–Trinajstić information content (AvgIpc) is 2.77. The summed E-state index contributed by atoms with van der Waals surface area (Å²) in [6.45, 7) is 4.09. The summed E-state index contributed by atoms with van der Waals surface area (Å²) < 4.78 is 2.12. The molecule has 0 saturated carbocycles. The number of hydrogen-bond donors (Lipinski definition) is 1. The third-order valence-corrected chi connectivity index (χ3v) is 3.06. The zero-order valence-electron chi connectivity index (χ0n) is 10.2. The van der Waals surface area contributed by atoms with Crippen LogP contribution in [-0.4, -0.2) is 20.6 Å². The number of hydrogen-bond acceptors (Lipinski definition) is 3. The number of aryl methyl sites for hydroxylation is 1. The minimum absolute atomic E-state index is 0.0621. The fraction of sp³-hybridized carbons (Fsp3) is 0.385. The van der Waals surface area contributed by atoms with Gasteiger partial charge in [-0.2, -0.15) is 0 Å². The fourth-order valence-electron chi connectivity index (χ4n) is 2.07. The van der Waals surface area contributed by atoms with Gasteiger partial charge in [0.1, 0.15) is 5.82 Å². The van der Waals surface area contributed by atoms with Crippen LogP contribution in [0.3, 0.4) is 0 Å². The van der Waals surface area contributed by atoms with Crippen LogP contribution in [0.2, 0.25) is 0 Å². The first-order valence-electron chi connectivity index (χ1n) is 5.89. The van der Waals surface area contributed by atoms with Crippen LogP contribution < -0.4 is 5.73 Å². The molecular weight excluding hydrogens is 212 g/mol. The molecule has 0 aliphatic rings. The molecule has 2 aromatic rings. The van der Waals surface area contributed by atoms with Gasteiger partial charge in [0, 0.05) is 30.8 Å². The lowest BCUT2D eigenvalue weighted by atomic mass is 9.99. The summed E-state index contributed by atoms with van der Waals surface area (Å²) in [5.41, 5.74) is 7.36. The van der Waals surface area contributed by atoms with Crippen molar-refractivity contribution in [2.45, 2.75) is 32.4 Å². The van der Waals surface area contributed by atoms with E-state index < -0.39 is 0 Å². The summed E-state index contributed by atoms with van der Waals surface area (Å²) in [5.74, 6) is 0.975. The summed E-state index contributed by atoms with van der Waals surface area (Å²) in [5, 5.41) is 0. The Morgan fingerprint density at radius 3 is 2.76 bits per heavy atom. The minimum atomic E-state index is 0.0621. The summed E-state index contributed by atoms with van der Waals surface area (Å²) in [4.78, 5) is 8.44. The molecule has 2 rings (SSSR count). The molecule has 0 aliphatic heterocycles. The Balaban J connectivity index is 2.43. The highest BCUT2D eigenvalue weighted by Crippen LogP contribution is 2.23. The van der Waals surface area contributed by atoms with Crippen LogP contribution in [0, 0.1) is 6.92 Å². The van der Waals surface area contributed by atoms with Crippen LogP contribution in [0.5, 0.6) is 0 Å². The zero-order valence-corrected chi connectivity index (χ0v) is 10.2. The Bertz CT molecular complexity index is 463. The van der Waals surface area contributed by atoms with Crippen LogP contribution in [-0.2, 0) is 0 Å². The lowest BCUT2D eigenvalue weighted by Gasteiger charge is -2.25. The van der Waals surface area contributed by atoms with E-state index in [2.05, 4.69) is 27.5 Å². The minimum Gasteiger partial charge on any atom is -0.326 e. The number of rotatable bonds is 4. The van der Waals surface area contributed by atoms with E-state index in [1.54, 1.807) is 12.4 Å². The van der Waals surface area contributed by atoms with E-state index in [9.17, 15) is 0 Å². The number of pyridine rings is 1. The zero-order chi connectivity index (χ0) is 12.3. The molecule has 4 heteroatoms. The van der Waals surface area contributed by atoms with Crippen molar-refractivity contribution in [3.8, 4) is 0 Å². The van der Waals surface area contributed by atoms with Gasteiger partial charge >= 0.3 is 0 Å².